The molecule has 140 valence electrons. The van der Waals surface area contributed by atoms with Crippen molar-refractivity contribution < 1.29 is 67.3 Å². The number of rotatable bonds is 7. The molecule has 0 amide bonds. The molecule has 1 saturated heterocycles. The molecule has 1 aromatic heterocycles. The zero-order valence-corrected chi connectivity index (χ0v) is 20.8. The van der Waals surface area contributed by atoms with E-state index < -0.39 is 5.82 Å². The third-order valence-corrected chi connectivity index (χ3v) is 4.44. The first-order valence-electron chi connectivity index (χ1n) is 8.65. The van der Waals surface area contributed by atoms with Crippen LogP contribution in [0.25, 0.3) is 5.73 Å². The number of benzene rings is 1. The van der Waals surface area contributed by atoms with E-state index in [9.17, 15) is 4.39 Å². The molecule has 8 nitrogen and oxygen atoms in total. The van der Waals surface area contributed by atoms with Gasteiger partial charge in [-0.25, -0.2) is 9.37 Å². The fraction of sp³-hybridized carbons (Fsp3) is 0.471. The molecule has 1 aliphatic heterocycles. The van der Waals surface area contributed by atoms with Crippen molar-refractivity contribution in [2.24, 2.45) is 0 Å². The number of nitrogens with zero attached hydrogens (tertiary/aromatic N) is 4. The number of likely N-dealkylation sites (N-methyl/N-ethyl adjacent to an activating group) is 1. The molecule has 1 atom stereocenters. The van der Waals surface area contributed by atoms with Crippen molar-refractivity contribution in [1.29, 1.82) is 0 Å². The Morgan fingerprint density at radius 3 is 2.78 bits per heavy atom. The quantitative estimate of drug-likeness (QED) is 0.634. The summed E-state index contributed by atoms with van der Waals surface area (Å²) in [4.78, 5) is 14.6. The van der Waals surface area contributed by atoms with Crippen molar-refractivity contribution >= 4 is 23.5 Å². The standard InChI is InChI=1S/C17H23FN7O.Rb/c1-3-25-8-4-5-12(25)10-20-16-22-15(19)23-17(24-16)21-11-6-7-14(26-2)13(18)9-11;/h6-7,9,12H,3-5,8,10H2,1-2H3,(H3-,19,20,21,22,23,24);/q-1;+1. The van der Waals surface area contributed by atoms with Crippen molar-refractivity contribution in [3.8, 4) is 5.75 Å². The van der Waals surface area contributed by atoms with E-state index in [0.29, 0.717) is 24.2 Å². The molecule has 3 N–H and O–H groups in total. The van der Waals surface area contributed by atoms with Gasteiger partial charge in [0.05, 0.1) is 7.11 Å². The van der Waals surface area contributed by atoms with Gasteiger partial charge in [0, 0.05) is 30.3 Å². The number of anilines is 3. The van der Waals surface area contributed by atoms with Gasteiger partial charge in [-0.2, -0.15) is 0 Å². The van der Waals surface area contributed by atoms with Crippen LogP contribution in [0, 0.1) is 5.82 Å². The van der Waals surface area contributed by atoms with Gasteiger partial charge in [-0.05, 0) is 38.1 Å². The second kappa shape index (κ2) is 10.6. The predicted molar refractivity (Wildman–Crippen MR) is 98.8 cm³/mol. The zero-order valence-electron chi connectivity index (χ0n) is 15.9. The fourth-order valence-electron chi connectivity index (χ4n) is 3.14. The SMILES string of the molecule is CCN1CCCC1CNc1nc([NH-])nc(Nc2ccc(OC)c(F)c2)n1.[Rb+]. The van der Waals surface area contributed by atoms with Gasteiger partial charge >= 0.3 is 58.2 Å². The molecule has 1 fully saturated rings. The first kappa shape index (κ1) is 22.4. The number of hydrogen-bond donors (Lipinski definition) is 2. The molecule has 3 rings (SSSR count). The summed E-state index contributed by atoms with van der Waals surface area (Å²) in [6, 6.07) is 4.90. The van der Waals surface area contributed by atoms with Crippen LogP contribution < -0.4 is 73.6 Å². The monoisotopic (exact) mass is 445 g/mol. The van der Waals surface area contributed by atoms with E-state index in [4.69, 9.17) is 10.5 Å². The minimum Gasteiger partial charge on any atom is -0.494 e. The van der Waals surface area contributed by atoms with E-state index in [1.165, 1.54) is 25.7 Å². The average molecular weight is 446 g/mol. The Labute approximate surface area is 207 Å². The Morgan fingerprint density at radius 2 is 2.07 bits per heavy atom. The molecule has 1 unspecified atom stereocenters. The van der Waals surface area contributed by atoms with Crippen LogP contribution in [-0.4, -0.2) is 52.6 Å². The van der Waals surface area contributed by atoms with Crippen LogP contribution in [0.1, 0.15) is 19.8 Å². The molecule has 27 heavy (non-hydrogen) atoms. The topological polar surface area (TPSA) is 99.0 Å². The van der Waals surface area contributed by atoms with Crippen molar-refractivity contribution in [3.63, 3.8) is 0 Å². The van der Waals surface area contributed by atoms with Crippen molar-refractivity contribution in [2.45, 2.75) is 25.8 Å². The number of likely N-dealkylation sites (tertiary alicyclic amines) is 1. The van der Waals surface area contributed by atoms with Gasteiger partial charge in [-0.3, -0.25) is 4.90 Å². The number of nitrogens with one attached hydrogen (secondary N) is 3. The molecule has 0 saturated carbocycles. The van der Waals surface area contributed by atoms with Crippen LogP contribution in [0.2, 0.25) is 0 Å². The third-order valence-electron chi connectivity index (χ3n) is 4.44. The predicted octanol–water partition coefficient (Wildman–Crippen LogP) is 0.347. The number of ether oxygens (including phenoxy) is 1. The first-order valence-corrected chi connectivity index (χ1v) is 8.65. The van der Waals surface area contributed by atoms with Crippen LogP contribution in [0.4, 0.5) is 27.9 Å². The zero-order chi connectivity index (χ0) is 18.5. The maximum absolute atomic E-state index is 13.8. The normalized spacial score (nSPS) is 16.6. The van der Waals surface area contributed by atoms with Gasteiger partial charge in [0.25, 0.3) is 0 Å². The summed E-state index contributed by atoms with van der Waals surface area (Å²) in [6.45, 7) is 5.00. The van der Waals surface area contributed by atoms with Crippen LogP contribution in [0.5, 0.6) is 5.75 Å². The number of hydrogen-bond acceptors (Lipinski definition) is 7. The van der Waals surface area contributed by atoms with Crippen molar-refractivity contribution in [1.82, 2.24) is 19.9 Å². The van der Waals surface area contributed by atoms with Gasteiger partial charge in [-0.15, -0.1) is 0 Å². The van der Waals surface area contributed by atoms with E-state index in [1.54, 1.807) is 6.07 Å². The van der Waals surface area contributed by atoms with Gasteiger partial charge < -0.3 is 31.1 Å². The molecule has 0 spiro atoms. The Bertz CT molecular complexity index is 764. The van der Waals surface area contributed by atoms with E-state index in [2.05, 4.69) is 37.4 Å². The average Bonchev–Trinajstić information content (AvgIpc) is 3.07. The van der Waals surface area contributed by atoms with Crippen LogP contribution in [0.3, 0.4) is 0 Å². The summed E-state index contributed by atoms with van der Waals surface area (Å²) in [5.41, 5.74) is 8.23. The molecule has 10 heteroatoms. The minimum absolute atomic E-state index is 0. The van der Waals surface area contributed by atoms with Gasteiger partial charge in [0.15, 0.2) is 23.5 Å². The van der Waals surface area contributed by atoms with Crippen LogP contribution in [0.15, 0.2) is 18.2 Å². The summed E-state index contributed by atoms with van der Waals surface area (Å²) < 4.78 is 18.7. The van der Waals surface area contributed by atoms with E-state index in [0.717, 1.165) is 19.5 Å². The molecule has 0 aliphatic carbocycles. The minimum atomic E-state index is -0.489. The fourth-order valence-corrected chi connectivity index (χ4v) is 3.14. The van der Waals surface area contributed by atoms with Crippen molar-refractivity contribution in [3.05, 3.63) is 29.7 Å². The molecule has 0 bridgehead atoms. The molecule has 2 heterocycles. The maximum atomic E-state index is 13.8. The number of methoxy groups -OCH3 is 1. The summed E-state index contributed by atoms with van der Waals surface area (Å²) in [7, 11) is 1.41. The smallest absolute Gasteiger partial charge is 0.494 e. The van der Waals surface area contributed by atoms with Gasteiger partial charge in [0.1, 0.15) is 0 Å². The Kier molecular flexibility index (Phi) is 8.81. The Hall–Kier alpha value is -0.875. The van der Waals surface area contributed by atoms with Gasteiger partial charge in [-0.1, -0.05) is 6.92 Å². The second-order valence-electron chi connectivity index (χ2n) is 6.09. The summed E-state index contributed by atoms with van der Waals surface area (Å²) >= 11 is 0. The molecule has 1 aliphatic rings. The molecule has 2 aromatic rings. The molecular formula is C17H23FN7ORb. The van der Waals surface area contributed by atoms with Crippen molar-refractivity contribution in [2.75, 3.05) is 37.4 Å². The maximum Gasteiger partial charge on any atom is 1.00 e. The van der Waals surface area contributed by atoms with Crippen LogP contribution in [-0.2, 0) is 0 Å². The van der Waals surface area contributed by atoms with Gasteiger partial charge in [0.2, 0.25) is 0 Å². The summed E-state index contributed by atoms with van der Waals surface area (Å²) in [6.07, 6.45) is 2.33. The molecule has 1 aromatic carbocycles. The summed E-state index contributed by atoms with van der Waals surface area (Å²) in [5.74, 6) is 0.0432. The largest absolute Gasteiger partial charge is 1.00 e. The first-order chi connectivity index (χ1) is 12.6. The molecule has 0 radical (unpaired) electrons. The molecular weight excluding hydrogens is 423 g/mol. The summed E-state index contributed by atoms with van der Waals surface area (Å²) in [5, 5.41) is 6.09. The third kappa shape index (κ3) is 6.05. The van der Waals surface area contributed by atoms with Crippen LogP contribution >= 0.6 is 0 Å². The number of aromatic nitrogens is 3. The number of halogens is 1. The Morgan fingerprint density at radius 1 is 1.30 bits per heavy atom. The second-order valence-corrected chi connectivity index (χ2v) is 6.09. The Balaban J connectivity index is 0.00000261. The van der Waals surface area contributed by atoms with E-state index in [1.807, 2.05) is 0 Å². The van der Waals surface area contributed by atoms with E-state index >= 15 is 0 Å². The van der Waals surface area contributed by atoms with E-state index in [-0.39, 0.29) is 75.8 Å².